The van der Waals surface area contributed by atoms with E-state index in [9.17, 15) is 4.79 Å². The van der Waals surface area contributed by atoms with Crippen molar-refractivity contribution in [3.05, 3.63) is 80.2 Å². The van der Waals surface area contributed by atoms with Gasteiger partial charge in [0.25, 0.3) is 5.56 Å². The van der Waals surface area contributed by atoms with Gasteiger partial charge in [0.2, 0.25) is 0 Å². The van der Waals surface area contributed by atoms with Crippen LogP contribution in [0.25, 0.3) is 5.69 Å². The van der Waals surface area contributed by atoms with Crippen molar-refractivity contribution in [3.8, 4) is 11.4 Å². The molecule has 0 atom stereocenters. The minimum atomic E-state index is -0.112. The van der Waals surface area contributed by atoms with Gasteiger partial charge in [-0.3, -0.25) is 9.89 Å². The van der Waals surface area contributed by atoms with E-state index in [1.807, 2.05) is 24.3 Å². The van der Waals surface area contributed by atoms with Crippen molar-refractivity contribution < 1.29 is 4.74 Å². The van der Waals surface area contributed by atoms with Gasteiger partial charge in [0.05, 0.1) is 22.8 Å². The number of nitrogens with one attached hydrogen (secondary N) is 1. The minimum Gasteiger partial charge on any atom is -0.497 e. The molecular weight excluding hydrogens is 335 g/mol. The lowest BCUT2D eigenvalue weighted by atomic mass is 10.1. The predicted octanol–water partition coefficient (Wildman–Crippen LogP) is 4.07. The number of halogens is 2. The lowest BCUT2D eigenvalue weighted by molar-refractivity contribution is 0.414. The lowest BCUT2D eigenvalue weighted by Gasteiger charge is -2.03. The molecule has 1 aromatic heterocycles. The molecule has 0 aliphatic carbocycles. The average molecular weight is 349 g/mol. The highest BCUT2D eigenvalue weighted by atomic mass is 35.5. The summed E-state index contributed by atoms with van der Waals surface area (Å²) >= 11 is 11.9. The summed E-state index contributed by atoms with van der Waals surface area (Å²) in [5, 5.41) is 3.81. The molecule has 0 saturated heterocycles. The van der Waals surface area contributed by atoms with Crippen LogP contribution in [0.4, 0.5) is 0 Å². The number of nitrogens with zero attached hydrogens (tertiary/aromatic N) is 1. The third-order valence-electron chi connectivity index (χ3n) is 3.56. The molecule has 4 nitrogen and oxygen atoms in total. The number of aromatic amines is 1. The van der Waals surface area contributed by atoms with Crippen LogP contribution in [0, 0.1) is 0 Å². The van der Waals surface area contributed by atoms with Crippen LogP contribution < -0.4 is 10.3 Å². The fourth-order valence-corrected chi connectivity index (χ4v) is 2.60. The van der Waals surface area contributed by atoms with Gasteiger partial charge in [-0.2, -0.15) is 0 Å². The summed E-state index contributed by atoms with van der Waals surface area (Å²) in [4.78, 5) is 12.5. The predicted molar refractivity (Wildman–Crippen MR) is 92.2 cm³/mol. The number of ether oxygens (including phenoxy) is 1. The first-order valence-electron chi connectivity index (χ1n) is 6.96. The molecule has 3 rings (SSSR count). The van der Waals surface area contributed by atoms with Crippen LogP contribution in [0.2, 0.25) is 10.0 Å². The minimum absolute atomic E-state index is 0.112. The zero-order valence-electron chi connectivity index (χ0n) is 12.3. The van der Waals surface area contributed by atoms with Gasteiger partial charge in [0, 0.05) is 18.2 Å². The first-order valence-corrected chi connectivity index (χ1v) is 7.72. The van der Waals surface area contributed by atoms with Crippen molar-refractivity contribution in [1.82, 2.24) is 9.78 Å². The Hall–Kier alpha value is -2.17. The van der Waals surface area contributed by atoms with E-state index >= 15 is 0 Å². The second-order valence-corrected chi connectivity index (χ2v) is 5.88. The van der Waals surface area contributed by atoms with Crippen molar-refractivity contribution in [1.29, 1.82) is 0 Å². The van der Waals surface area contributed by atoms with Crippen LogP contribution >= 0.6 is 23.2 Å². The fourth-order valence-electron chi connectivity index (χ4n) is 2.31. The summed E-state index contributed by atoms with van der Waals surface area (Å²) in [6.45, 7) is 0. The van der Waals surface area contributed by atoms with Crippen LogP contribution in [-0.2, 0) is 6.42 Å². The van der Waals surface area contributed by atoms with Crippen LogP contribution in [-0.4, -0.2) is 16.9 Å². The van der Waals surface area contributed by atoms with Crippen molar-refractivity contribution in [2.45, 2.75) is 6.42 Å². The SMILES string of the molecule is COc1ccc(Cc2c[nH]n(-c3ccc(Cl)c(Cl)c3)c2=O)cc1. The molecular formula is C17H14Cl2N2O2. The maximum absolute atomic E-state index is 12.5. The van der Waals surface area contributed by atoms with Crippen LogP contribution in [0.1, 0.15) is 11.1 Å². The smallest absolute Gasteiger partial charge is 0.274 e. The third kappa shape index (κ3) is 3.28. The quantitative estimate of drug-likeness (QED) is 0.772. The van der Waals surface area contributed by atoms with E-state index in [1.165, 1.54) is 4.68 Å². The molecule has 0 unspecified atom stereocenters. The first-order chi connectivity index (χ1) is 11.1. The molecule has 0 aliphatic rings. The standard InChI is InChI=1S/C17H14Cl2N2O2/c1-23-14-5-2-11(3-6-14)8-12-10-20-21(17(12)22)13-4-7-15(18)16(19)9-13/h2-7,9-10,20H,8H2,1H3. The Bertz CT molecular complexity index is 882. The third-order valence-corrected chi connectivity index (χ3v) is 4.30. The van der Waals surface area contributed by atoms with E-state index < -0.39 is 0 Å². The van der Waals surface area contributed by atoms with Crippen LogP contribution in [0.15, 0.2) is 53.5 Å². The number of methoxy groups -OCH3 is 1. The number of H-pyrrole nitrogens is 1. The monoisotopic (exact) mass is 348 g/mol. The second kappa shape index (κ2) is 6.52. The molecule has 0 radical (unpaired) electrons. The molecule has 1 N–H and O–H groups in total. The summed E-state index contributed by atoms with van der Waals surface area (Å²) < 4.78 is 6.58. The molecule has 2 aromatic carbocycles. The maximum atomic E-state index is 12.5. The van der Waals surface area contributed by atoms with Gasteiger partial charge >= 0.3 is 0 Å². The molecule has 0 aliphatic heterocycles. The summed E-state index contributed by atoms with van der Waals surface area (Å²) in [5.41, 5.74) is 2.23. The molecule has 23 heavy (non-hydrogen) atoms. The zero-order chi connectivity index (χ0) is 16.4. The average Bonchev–Trinajstić information content (AvgIpc) is 2.92. The zero-order valence-corrected chi connectivity index (χ0v) is 13.9. The lowest BCUT2D eigenvalue weighted by Crippen LogP contribution is -2.17. The molecule has 0 spiro atoms. The van der Waals surface area contributed by atoms with Crippen molar-refractivity contribution >= 4 is 23.2 Å². The van der Waals surface area contributed by atoms with Crippen LogP contribution in [0.5, 0.6) is 5.75 Å². The van der Waals surface area contributed by atoms with Gasteiger partial charge in [-0.05, 0) is 35.9 Å². The summed E-state index contributed by atoms with van der Waals surface area (Å²) in [5.74, 6) is 0.788. The molecule has 1 heterocycles. The summed E-state index contributed by atoms with van der Waals surface area (Å²) in [7, 11) is 1.62. The number of aromatic nitrogens is 2. The Kier molecular flexibility index (Phi) is 4.46. The molecule has 0 fully saturated rings. The van der Waals surface area contributed by atoms with Crippen molar-refractivity contribution in [2.24, 2.45) is 0 Å². The Labute approximate surface area is 143 Å². The van der Waals surface area contributed by atoms with E-state index in [2.05, 4.69) is 5.10 Å². The van der Waals surface area contributed by atoms with E-state index in [-0.39, 0.29) is 5.56 Å². The molecule has 0 bridgehead atoms. The highest BCUT2D eigenvalue weighted by Crippen LogP contribution is 2.23. The Morgan fingerprint density at radius 2 is 1.83 bits per heavy atom. The Morgan fingerprint density at radius 3 is 2.48 bits per heavy atom. The van der Waals surface area contributed by atoms with E-state index in [0.29, 0.717) is 27.7 Å². The maximum Gasteiger partial charge on any atom is 0.274 e. The highest BCUT2D eigenvalue weighted by molar-refractivity contribution is 6.42. The number of benzene rings is 2. The molecule has 0 amide bonds. The van der Waals surface area contributed by atoms with Gasteiger partial charge in [-0.25, -0.2) is 4.68 Å². The molecule has 0 saturated carbocycles. The molecule has 118 valence electrons. The largest absolute Gasteiger partial charge is 0.497 e. The number of rotatable bonds is 4. The van der Waals surface area contributed by atoms with E-state index in [1.54, 1.807) is 31.5 Å². The number of hydrogen-bond acceptors (Lipinski definition) is 2. The molecule has 6 heteroatoms. The first kappa shape index (κ1) is 15.7. The Balaban J connectivity index is 1.89. The number of hydrogen-bond donors (Lipinski definition) is 1. The Morgan fingerprint density at radius 1 is 1.09 bits per heavy atom. The fraction of sp³-hybridized carbons (Fsp3) is 0.118. The van der Waals surface area contributed by atoms with Gasteiger partial charge in [0.15, 0.2) is 0 Å². The van der Waals surface area contributed by atoms with E-state index in [0.717, 1.165) is 11.3 Å². The summed E-state index contributed by atoms with van der Waals surface area (Å²) in [6.07, 6.45) is 2.24. The van der Waals surface area contributed by atoms with Gasteiger partial charge in [0.1, 0.15) is 5.75 Å². The van der Waals surface area contributed by atoms with Gasteiger partial charge < -0.3 is 4.74 Å². The molecule has 3 aromatic rings. The highest BCUT2D eigenvalue weighted by Gasteiger charge is 2.10. The van der Waals surface area contributed by atoms with Crippen molar-refractivity contribution in [3.63, 3.8) is 0 Å². The summed E-state index contributed by atoms with van der Waals surface area (Å²) in [6, 6.07) is 12.7. The normalized spacial score (nSPS) is 10.7. The topological polar surface area (TPSA) is 47.0 Å². The van der Waals surface area contributed by atoms with E-state index in [4.69, 9.17) is 27.9 Å². The van der Waals surface area contributed by atoms with Crippen molar-refractivity contribution in [2.75, 3.05) is 7.11 Å². The van der Waals surface area contributed by atoms with Crippen LogP contribution in [0.3, 0.4) is 0 Å². The van der Waals surface area contributed by atoms with Gasteiger partial charge in [-0.1, -0.05) is 35.3 Å². The van der Waals surface area contributed by atoms with Gasteiger partial charge in [-0.15, -0.1) is 0 Å². The second-order valence-electron chi connectivity index (χ2n) is 5.06.